The molecule has 0 aromatic heterocycles. The fraction of sp³-hybridized carbons (Fsp3) is 0.862. The number of aliphatic carboxylic acids is 1. The van der Waals surface area contributed by atoms with E-state index in [4.69, 9.17) is 5.73 Å². The van der Waals surface area contributed by atoms with Crippen LogP contribution in [0.2, 0.25) is 0 Å². The number of unbranched alkanes of at least 4 members (excludes halogenated alkanes) is 14. The van der Waals surface area contributed by atoms with Crippen molar-refractivity contribution < 1.29 is 24.3 Å². The maximum absolute atomic E-state index is 12.7. The number of carbonyl (C=O) groups excluding carboxylic acids is 3. The summed E-state index contributed by atoms with van der Waals surface area (Å²) in [5.41, 5.74) is 5.10. The number of carboxylic acids is 1. The van der Waals surface area contributed by atoms with E-state index in [9.17, 15) is 24.3 Å². The first-order chi connectivity index (χ1) is 17.7. The van der Waals surface area contributed by atoms with Crippen LogP contribution in [0.15, 0.2) is 0 Å². The first-order valence-corrected chi connectivity index (χ1v) is 14.8. The van der Waals surface area contributed by atoms with Crippen molar-refractivity contribution in [2.24, 2.45) is 11.7 Å². The Hall–Kier alpha value is -2.12. The van der Waals surface area contributed by atoms with Crippen LogP contribution in [-0.4, -0.2) is 40.9 Å². The van der Waals surface area contributed by atoms with E-state index in [1.807, 2.05) is 13.8 Å². The molecule has 0 aromatic rings. The molecule has 5 N–H and O–H groups in total. The molecule has 3 atom stereocenters. The zero-order chi connectivity index (χ0) is 27.9. The van der Waals surface area contributed by atoms with Gasteiger partial charge in [-0.15, -0.1) is 0 Å². The summed E-state index contributed by atoms with van der Waals surface area (Å²) in [4.78, 5) is 47.7. The Balaban J connectivity index is 4.09. The predicted molar refractivity (Wildman–Crippen MR) is 149 cm³/mol. The van der Waals surface area contributed by atoms with Gasteiger partial charge < -0.3 is 21.5 Å². The lowest BCUT2D eigenvalue weighted by atomic mass is 9.97. The topological polar surface area (TPSA) is 139 Å². The summed E-state index contributed by atoms with van der Waals surface area (Å²) in [6.07, 6.45) is 19.6. The zero-order valence-electron chi connectivity index (χ0n) is 23.8. The van der Waals surface area contributed by atoms with Gasteiger partial charge in [0.1, 0.15) is 12.1 Å². The Bertz CT molecular complexity index is 641. The first-order valence-electron chi connectivity index (χ1n) is 14.8. The molecule has 0 radical (unpaired) electrons. The molecule has 0 bridgehead atoms. The molecule has 3 amide bonds. The maximum Gasteiger partial charge on any atom is 0.326 e. The second kappa shape index (κ2) is 23.0. The molecule has 0 aliphatic heterocycles. The summed E-state index contributed by atoms with van der Waals surface area (Å²) >= 11 is 0. The minimum absolute atomic E-state index is 0.0866. The quantitative estimate of drug-likeness (QED) is 0.115. The Morgan fingerprint density at radius 1 is 0.703 bits per heavy atom. The highest BCUT2D eigenvalue weighted by Gasteiger charge is 2.29. The average molecular weight is 526 g/mol. The molecule has 37 heavy (non-hydrogen) atoms. The van der Waals surface area contributed by atoms with E-state index in [0.29, 0.717) is 12.8 Å². The molecule has 0 rings (SSSR count). The van der Waals surface area contributed by atoms with Crippen LogP contribution in [0.1, 0.15) is 143 Å². The van der Waals surface area contributed by atoms with E-state index in [1.54, 1.807) is 0 Å². The number of amides is 3. The van der Waals surface area contributed by atoms with Gasteiger partial charge >= 0.3 is 5.97 Å². The van der Waals surface area contributed by atoms with Crippen molar-refractivity contribution >= 4 is 23.7 Å². The lowest BCUT2D eigenvalue weighted by Gasteiger charge is -2.25. The Labute approximate surface area is 225 Å². The molecule has 0 aromatic carbocycles. The van der Waals surface area contributed by atoms with Crippen molar-refractivity contribution in [1.29, 1.82) is 0 Å². The minimum atomic E-state index is -1.23. The van der Waals surface area contributed by atoms with Crippen molar-refractivity contribution in [3.8, 4) is 0 Å². The zero-order valence-corrected chi connectivity index (χ0v) is 23.8. The molecule has 0 saturated heterocycles. The molecule has 0 heterocycles. The fourth-order valence-electron chi connectivity index (χ4n) is 4.41. The monoisotopic (exact) mass is 525 g/mol. The van der Waals surface area contributed by atoms with Crippen molar-refractivity contribution in [2.45, 2.75) is 155 Å². The first kappa shape index (κ1) is 34.9. The van der Waals surface area contributed by atoms with Gasteiger partial charge in [-0.3, -0.25) is 14.4 Å². The molecule has 0 saturated carbocycles. The standard InChI is InChI=1S/C29H55N3O5/c1-4-6-7-8-9-10-11-12-13-14-15-16-17-18-19-20-26(34)32-27(23(3)5-2)28(35)31-24(29(36)37)21-22-25(30)33/h23-24,27H,4-22H2,1-3H3,(H2,30,33)(H,31,35)(H,32,34)(H,36,37)/t23-,24-,27-/m0/s1. The lowest BCUT2D eigenvalue weighted by Crippen LogP contribution is -2.54. The number of carboxylic acid groups (broad SMARTS) is 1. The molecule has 0 unspecified atom stereocenters. The summed E-state index contributed by atoms with van der Waals surface area (Å²) in [6, 6.07) is -2.04. The van der Waals surface area contributed by atoms with Crippen LogP contribution in [0.4, 0.5) is 0 Å². The predicted octanol–water partition coefficient (Wildman–Crippen LogP) is 5.61. The highest BCUT2D eigenvalue weighted by atomic mass is 16.4. The number of nitrogens with two attached hydrogens (primary N) is 1. The summed E-state index contributed by atoms with van der Waals surface area (Å²) in [5, 5.41) is 14.6. The Morgan fingerprint density at radius 2 is 1.16 bits per heavy atom. The highest BCUT2D eigenvalue weighted by Crippen LogP contribution is 2.14. The third-order valence-corrected chi connectivity index (χ3v) is 7.11. The third kappa shape index (κ3) is 19.6. The molecule has 8 heteroatoms. The van der Waals surface area contributed by atoms with E-state index in [1.165, 1.54) is 77.0 Å². The number of nitrogens with one attached hydrogen (secondary N) is 2. The van der Waals surface area contributed by atoms with Gasteiger partial charge in [-0.1, -0.05) is 117 Å². The molecule has 0 spiro atoms. The van der Waals surface area contributed by atoms with Gasteiger partial charge in [0.05, 0.1) is 0 Å². The SMILES string of the molecule is CCCCCCCCCCCCCCCCCC(=O)N[C@H](C(=O)N[C@@H](CCC(N)=O)C(=O)O)[C@@H](C)CC. The van der Waals surface area contributed by atoms with Gasteiger partial charge in [-0.05, 0) is 18.8 Å². The molecule has 216 valence electrons. The summed E-state index contributed by atoms with van der Waals surface area (Å²) in [6.45, 7) is 6.01. The average Bonchev–Trinajstić information content (AvgIpc) is 2.86. The lowest BCUT2D eigenvalue weighted by molar-refractivity contribution is -0.142. The van der Waals surface area contributed by atoms with Crippen molar-refractivity contribution in [3.63, 3.8) is 0 Å². The van der Waals surface area contributed by atoms with Crippen LogP contribution < -0.4 is 16.4 Å². The number of carbonyl (C=O) groups is 4. The van der Waals surface area contributed by atoms with Crippen molar-refractivity contribution in [1.82, 2.24) is 10.6 Å². The summed E-state index contributed by atoms with van der Waals surface area (Å²) in [5.74, 6) is -2.76. The van der Waals surface area contributed by atoms with Gasteiger partial charge in [0, 0.05) is 12.8 Å². The fourth-order valence-corrected chi connectivity index (χ4v) is 4.41. The largest absolute Gasteiger partial charge is 0.480 e. The van der Waals surface area contributed by atoms with Gasteiger partial charge in [-0.25, -0.2) is 4.79 Å². The minimum Gasteiger partial charge on any atom is -0.480 e. The van der Waals surface area contributed by atoms with Gasteiger partial charge in [0.2, 0.25) is 17.7 Å². The number of primary amides is 1. The number of hydrogen-bond donors (Lipinski definition) is 4. The Morgan fingerprint density at radius 3 is 1.57 bits per heavy atom. The number of rotatable bonds is 25. The molecule has 0 fully saturated rings. The van der Waals surface area contributed by atoms with E-state index >= 15 is 0 Å². The van der Waals surface area contributed by atoms with Gasteiger partial charge in [0.15, 0.2) is 0 Å². The van der Waals surface area contributed by atoms with E-state index in [0.717, 1.165) is 19.3 Å². The van der Waals surface area contributed by atoms with Crippen LogP contribution in [0.3, 0.4) is 0 Å². The van der Waals surface area contributed by atoms with E-state index in [-0.39, 0.29) is 24.7 Å². The van der Waals surface area contributed by atoms with E-state index in [2.05, 4.69) is 17.6 Å². The van der Waals surface area contributed by atoms with Crippen LogP contribution in [0, 0.1) is 5.92 Å². The highest BCUT2D eigenvalue weighted by molar-refractivity contribution is 5.90. The summed E-state index contributed by atoms with van der Waals surface area (Å²) < 4.78 is 0. The maximum atomic E-state index is 12.7. The normalized spacial score (nSPS) is 13.5. The molecule has 0 aliphatic carbocycles. The van der Waals surface area contributed by atoms with Crippen molar-refractivity contribution in [2.75, 3.05) is 0 Å². The van der Waals surface area contributed by atoms with Crippen LogP contribution in [0.25, 0.3) is 0 Å². The van der Waals surface area contributed by atoms with Crippen LogP contribution in [-0.2, 0) is 19.2 Å². The smallest absolute Gasteiger partial charge is 0.326 e. The third-order valence-electron chi connectivity index (χ3n) is 7.11. The molecular weight excluding hydrogens is 470 g/mol. The molecule has 8 nitrogen and oxygen atoms in total. The second-order valence-electron chi connectivity index (χ2n) is 10.5. The van der Waals surface area contributed by atoms with E-state index < -0.39 is 29.9 Å². The molecular formula is C29H55N3O5. The Kier molecular flexibility index (Phi) is 21.7. The number of hydrogen-bond acceptors (Lipinski definition) is 4. The van der Waals surface area contributed by atoms with Crippen LogP contribution in [0.5, 0.6) is 0 Å². The van der Waals surface area contributed by atoms with Gasteiger partial charge in [-0.2, -0.15) is 0 Å². The summed E-state index contributed by atoms with van der Waals surface area (Å²) in [7, 11) is 0. The van der Waals surface area contributed by atoms with Crippen LogP contribution >= 0.6 is 0 Å². The molecule has 0 aliphatic rings. The second-order valence-corrected chi connectivity index (χ2v) is 10.5. The van der Waals surface area contributed by atoms with Gasteiger partial charge in [0.25, 0.3) is 0 Å². The van der Waals surface area contributed by atoms with Crippen molar-refractivity contribution in [3.05, 3.63) is 0 Å².